The van der Waals surface area contributed by atoms with Crippen LogP contribution in [0.5, 0.6) is 0 Å². The van der Waals surface area contributed by atoms with Crippen molar-refractivity contribution in [1.82, 2.24) is 15.0 Å². The summed E-state index contributed by atoms with van der Waals surface area (Å²) in [6.07, 6.45) is -2.62. The maximum Gasteiger partial charge on any atom is 0.433 e. The second-order valence-electron chi connectivity index (χ2n) is 4.18. The van der Waals surface area contributed by atoms with Gasteiger partial charge in [0.15, 0.2) is 0 Å². The number of alkyl halides is 3. The molecule has 0 atom stereocenters. The van der Waals surface area contributed by atoms with E-state index in [-0.39, 0.29) is 5.95 Å². The molecule has 0 radical (unpaired) electrons. The van der Waals surface area contributed by atoms with Crippen LogP contribution in [0.2, 0.25) is 0 Å². The zero-order valence-corrected chi connectivity index (χ0v) is 11.0. The van der Waals surface area contributed by atoms with E-state index in [1.807, 2.05) is 13.0 Å². The Hall–Kier alpha value is -2.18. The minimum atomic E-state index is -4.49. The molecule has 0 saturated heterocycles. The zero-order chi connectivity index (χ0) is 14.8. The van der Waals surface area contributed by atoms with Gasteiger partial charge in [0.1, 0.15) is 5.69 Å². The number of hydrogen-bond donors (Lipinski definition) is 1. The molecule has 2 aromatic rings. The van der Waals surface area contributed by atoms with Crippen LogP contribution in [0.1, 0.15) is 24.0 Å². The topological polar surface area (TPSA) is 50.7 Å². The summed E-state index contributed by atoms with van der Waals surface area (Å²) in [6, 6.07) is 4.39. The predicted octanol–water partition coefficient (Wildman–Crippen LogP) is 3.50. The fourth-order valence-electron chi connectivity index (χ4n) is 1.64. The Morgan fingerprint density at radius 3 is 2.50 bits per heavy atom. The van der Waals surface area contributed by atoms with E-state index in [4.69, 9.17) is 0 Å². The summed E-state index contributed by atoms with van der Waals surface area (Å²) in [5.74, 6) is -0.103. The number of aryl methyl sites for hydroxylation is 2. The van der Waals surface area contributed by atoms with Crippen LogP contribution >= 0.6 is 0 Å². The van der Waals surface area contributed by atoms with Crippen LogP contribution in [-0.4, -0.2) is 15.0 Å². The molecule has 0 unspecified atom stereocenters. The van der Waals surface area contributed by atoms with E-state index in [1.165, 1.54) is 0 Å². The molecule has 4 nitrogen and oxygen atoms in total. The summed E-state index contributed by atoms with van der Waals surface area (Å²) in [4.78, 5) is 11.5. The molecule has 106 valence electrons. The van der Waals surface area contributed by atoms with E-state index >= 15 is 0 Å². The van der Waals surface area contributed by atoms with Gasteiger partial charge in [-0.3, -0.25) is 4.98 Å². The molecule has 7 heteroatoms. The quantitative estimate of drug-likeness (QED) is 0.936. The van der Waals surface area contributed by atoms with Gasteiger partial charge in [-0.15, -0.1) is 0 Å². The molecule has 0 bridgehead atoms. The molecule has 2 rings (SSSR count). The molecule has 0 aliphatic carbocycles. The number of hydrogen-bond acceptors (Lipinski definition) is 4. The van der Waals surface area contributed by atoms with Gasteiger partial charge in [0.25, 0.3) is 0 Å². The lowest BCUT2D eigenvalue weighted by Crippen LogP contribution is -2.10. The zero-order valence-electron chi connectivity index (χ0n) is 11.0. The van der Waals surface area contributed by atoms with Crippen molar-refractivity contribution in [3.63, 3.8) is 0 Å². The van der Waals surface area contributed by atoms with E-state index in [0.29, 0.717) is 11.4 Å². The highest BCUT2D eigenvalue weighted by atomic mass is 19.4. The number of aromatic nitrogens is 3. The van der Waals surface area contributed by atoms with Crippen molar-refractivity contribution in [3.05, 3.63) is 41.5 Å². The van der Waals surface area contributed by atoms with Crippen molar-refractivity contribution < 1.29 is 13.2 Å². The summed E-state index contributed by atoms with van der Waals surface area (Å²) >= 11 is 0. The Morgan fingerprint density at radius 1 is 1.15 bits per heavy atom. The van der Waals surface area contributed by atoms with E-state index in [0.717, 1.165) is 24.4 Å². The van der Waals surface area contributed by atoms with Crippen molar-refractivity contribution in [1.29, 1.82) is 0 Å². The highest BCUT2D eigenvalue weighted by molar-refractivity contribution is 5.56. The largest absolute Gasteiger partial charge is 0.433 e. The minimum Gasteiger partial charge on any atom is -0.323 e. The molecule has 0 aliphatic rings. The average molecular weight is 282 g/mol. The smallest absolute Gasteiger partial charge is 0.323 e. The number of nitrogens with one attached hydrogen (secondary N) is 1. The Kier molecular flexibility index (Phi) is 3.87. The standard InChI is InChI=1S/C13H13F3N4/c1-3-9-4-5-10(8(2)18-9)19-12-17-7-6-11(20-12)13(14,15)16/h4-7H,3H2,1-2H3,(H,17,19,20). The first-order chi connectivity index (χ1) is 9.40. The van der Waals surface area contributed by atoms with Gasteiger partial charge in [-0.05, 0) is 31.5 Å². The number of anilines is 2. The Bertz CT molecular complexity index is 611. The molecule has 0 spiro atoms. The van der Waals surface area contributed by atoms with Gasteiger partial charge in [0.2, 0.25) is 5.95 Å². The third-order valence-electron chi connectivity index (χ3n) is 2.70. The average Bonchev–Trinajstić information content (AvgIpc) is 2.40. The van der Waals surface area contributed by atoms with Crippen LogP contribution in [0.25, 0.3) is 0 Å². The van der Waals surface area contributed by atoms with Gasteiger partial charge in [0, 0.05) is 11.9 Å². The molecular formula is C13H13F3N4. The molecule has 2 heterocycles. The Balaban J connectivity index is 2.26. The normalized spacial score (nSPS) is 11.4. The highest BCUT2D eigenvalue weighted by Crippen LogP contribution is 2.28. The van der Waals surface area contributed by atoms with E-state index in [1.54, 1.807) is 13.0 Å². The van der Waals surface area contributed by atoms with E-state index in [9.17, 15) is 13.2 Å². The molecule has 0 saturated carbocycles. The summed E-state index contributed by atoms with van der Waals surface area (Å²) in [6.45, 7) is 3.75. The monoisotopic (exact) mass is 282 g/mol. The molecule has 2 aromatic heterocycles. The van der Waals surface area contributed by atoms with Crippen LogP contribution in [0.15, 0.2) is 24.4 Å². The minimum absolute atomic E-state index is 0.103. The van der Waals surface area contributed by atoms with Crippen molar-refractivity contribution in [3.8, 4) is 0 Å². The molecule has 0 aliphatic heterocycles. The van der Waals surface area contributed by atoms with Gasteiger partial charge in [-0.2, -0.15) is 13.2 Å². The van der Waals surface area contributed by atoms with Crippen LogP contribution in [-0.2, 0) is 12.6 Å². The van der Waals surface area contributed by atoms with Crippen LogP contribution in [0.3, 0.4) is 0 Å². The molecule has 0 amide bonds. The van der Waals surface area contributed by atoms with Crippen LogP contribution in [0.4, 0.5) is 24.8 Å². The second kappa shape index (κ2) is 5.44. The summed E-state index contributed by atoms with van der Waals surface area (Å²) < 4.78 is 37.7. The number of halogens is 3. The lowest BCUT2D eigenvalue weighted by Gasteiger charge is -2.10. The van der Waals surface area contributed by atoms with Gasteiger partial charge in [0.05, 0.1) is 11.4 Å². The molecule has 1 N–H and O–H groups in total. The third-order valence-corrected chi connectivity index (χ3v) is 2.70. The lowest BCUT2D eigenvalue weighted by atomic mass is 10.2. The number of nitrogens with zero attached hydrogens (tertiary/aromatic N) is 3. The number of pyridine rings is 1. The summed E-state index contributed by atoms with van der Waals surface area (Å²) in [5, 5.41) is 2.75. The molecular weight excluding hydrogens is 269 g/mol. The predicted molar refractivity (Wildman–Crippen MR) is 68.7 cm³/mol. The first kappa shape index (κ1) is 14.2. The van der Waals surface area contributed by atoms with E-state index < -0.39 is 11.9 Å². The fourth-order valence-corrected chi connectivity index (χ4v) is 1.64. The first-order valence-corrected chi connectivity index (χ1v) is 6.04. The van der Waals surface area contributed by atoms with Crippen molar-refractivity contribution >= 4 is 11.6 Å². The van der Waals surface area contributed by atoms with Gasteiger partial charge in [-0.1, -0.05) is 6.92 Å². The van der Waals surface area contributed by atoms with Gasteiger partial charge < -0.3 is 5.32 Å². The summed E-state index contributed by atoms with van der Waals surface area (Å²) in [5.41, 5.74) is 1.20. The highest BCUT2D eigenvalue weighted by Gasteiger charge is 2.32. The lowest BCUT2D eigenvalue weighted by molar-refractivity contribution is -0.141. The van der Waals surface area contributed by atoms with Crippen molar-refractivity contribution in [2.24, 2.45) is 0 Å². The molecule has 20 heavy (non-hydrogen) atoms. The Labute approximate surface area is 114 Å². The summed E-state index contributed by atoms with van der Waals surface area (Å²) in [7, 11) is 0. The fraction of sp³-hybridized carbons (Fsp3) is 0.308. The first-order valence-electron chi connectivity index (χ1n) is 6.04. The van der Waals surface area contributed by atoms with Crippen LogP contribution < -0.4 is 5.32 Å². The molecule has 0 aromatic carbocycles. The maximum atomic E-state index is 12.6. The SMILES string of the molecule is CCc1ccc(Nc2nccc(C(F)(F)F)n2)c(C)n1. The Morgan fingerprint density at radius 2 is 1.90 bits per heavy atom. The van der Waals surface area contributed by atoms with Gasteiger partial charge >= 0.3 is 6.18 Å². The van der Waals surface area contributed by atoms with Crippen LogP contribution in [0, 0.1) is 6.92 Å². The van der Waals surface area contributed by atoms with Crippen molar-refractivity contribution in [2.45, 2.75) is 26.4 Å². The van der Waals surface area contributed by atoms with Gasteiger partial charge in [-0.25, -0.2) is 9.97 Å². The third kappa shape index (κ3) is 3.23. The number of rotatable bonds is 3. The second-order valence-corrected chi connectivity index (χ2v) is 4.18. The van der Waals surface area contributed by atoms with Crippen molar-refractivity contribution in [2.75, 3.05) is 5.32 Å². The van der Waals surface area contributed by atoms with E-state index in [2.05, 4.69) is 20.3 Å². The molecule has 0 fully saturated rings. The maximum absolute atomic E-state index is 12.6.